The maximum absolute atomic E-state index is 12.4. The topological polar surface area (TPSA) is 102 Å². The fourth-order valence-corrected chi connectivity index (χ4v) is 3.22. The van der Waals surface area contributed by atoms with Gasteiger partial charge in [-0.15, -0.1) is 0 Å². The monoisotopic (exact) mass is 427 g/mol. The fourth-order valence-electron chi connectivity index (χ4n) is 2.63. The van der Waals surface area contributed by atoms with Crippen LogP contribution in [0.5, 0.6) is 0 Å². The largest absolute Gasteiger partial charge is 0.444 e. The number of nitrogens with one attached hydrogen (secondary N) is 1. The third-order valence-electron chi connectivity index (χ3n) is 3.90. The molecule has 0 atom stereocenters. The van der Waals surface area contributed by atoms with Gasteiger partial charge in [0.05, 0.1) is 10.5 Å². The highest BCUT2D eigenvalue weighted by atomic mass is 79.9. The Morgan fingerprint density at radius 2 is 1.92 bits per heavy atom. The molecule has 9 heteroatoms. The lowest BCUT2D eigenvalue weighted by atomic mass is 10.0. The highest BCUT2D eigenvalue weighted by molar-refractivity contribution is 9.10. The van der Waals surface area contributed by atoms with Gasteiger partial charge in [-0.25, -0.2) is 4.79 Å². The van der Waals surface area contributed by atoms with E-state index in [1.54, 1.807) is 4.90 Å². The number of rotatable bonds is 3. The van der Waals surface area contributed by atoms with Crippen molar-refractivity contribution in [3.63, 3.8) is 0 Å². The highest BCUT2D eigenvalue weighted by Crippen LogP contribution is 2.28. The third kappa shape index (κ3) is 5.17. The zero-order valence-electron chi connectivity index (χ0n) is 15.0. The van der Waals surface area contributed by atoms with Crippen molar-refractivity contribution in [1.29, 1.82) is 0 Å². The van der Waals surface area contributed by atoms with Crippen LogP contribution in [0.3, 0.4) is 0 Å². The number of nitrogens with zero attached hydrogens (tertiary/aromatic N) is 2. The summed E-state index contributed by atoms with van der Waals surface area (Å²) in [5.41, 5.74) is -0.484. The number of benzene rings is 1. The molecule has 0 saturated carbocycles. The van der Waals surface area contributed by atoms with Crippen LogP contribution in [0.4, 0.5) is 10.5 Å². The Morgan fingerprint density at radius 1 is 1.31 bits per heavy atom. The van der Waals surface area contributed by atoms with E-state index in [0.717, 1.165) is 0 Å². The molecule has 142 valence electrons. The number of amides is 2. The molecule has 0 spiro atoms. The van der Waals surface area contributed by atoms with Crippen molar-refractivity contribution in [3.8, 4) is 0 Å². The molecule has 26 heavy (non-hydrogen) atoms. The van der Waals surface area contributed by atoms with Gasteiger partial charge in [-0.1, -0.05) is 6.07 Å². The highest BCUT2D eigenvalue weighted by Gasteiger charge is 2.28. The third-order valence-corrected chi connectivity index (χ3v) is 4.73. The predicted molar refractivity (Wildman–Crippen MR) is 99.1 cm³/mol. The number of hydrogen-bond donors (Lipinski definition) is 1. The zero-order chi connectivity index (χ0) is 19.5. The van der Waals surface area contributed by atoms with Crippen molar-refractivity contribution in [1.82, 2.24) is 10.2 Å². The van der Waals surface area contributed by atoms with E-state index in [9.17, 15) is 19.7 Å². The summed E-state index contributed by atoms with van der Waals surface area (Å²) in [6, 6.07) is 4.23. The van der Waals surface area contributed by atoms with Gasteiger partial charge >= 0.3 is 6.09 Å². The van der Waals surface area contributed by atoms with Crippen molar-refractivity contribution in [2.45, 2.75) is 45.3 Å². The van der Waals surface area contributed by atoms with Crippen LogP contribution in [0.15, 0.2) is 22.7 Å². The van der Waals surface area contributed by atoms with Crippen LogP contribution in [0.25, 0.3) is 0 Å². The molecule has 0 aromatic heterocycles. The molecule has 0 radical (unpaired) electrons. The first-order valence-corrected chi connectivity index (χ1v) is 9.09. The second kappa shape index (κ2) is 8.03. The van der Waals surface area contributed by atoms with E-state index in [1.807, 2.05) is 20.8 Å². The van der Waals surface area contributed by atoms with Crippen LogP contribution in [0.2, 0.25) is 0 Å². The van der Waals surface area contributed by atoms with Gasteiger partial charge in [0.1, 0.15) is 10.1 Å². The van der Waals surface area contributed by atoms with Gasteiger partial charge in [0, 0.05) is 25.2 Å². The van der Waals surface area contributed by atoms with Crippen molar-refractivity contribution in [2.24, 2.45) is 0 Å². The van der Waals surface area contributed by atoms with Gasteiger partial charge in [-0.2, -0.15) is 0 Å². The molecule has 0 bridgehead atoms. The van der Waals surface area contributed by atoms with E-state index in [-0.39, 0.29) is 33.8 Å². The van der Waals surface area contributed by atoms with Crippen LogP contribution >= 0.6 is 15.9 Å². The molecule has 0 aliphatic carbocycles. The Bertz CT molecular complexity index is 709. The standard InChI is InChI=1S/C17H22BrN3O5/c1-17(2,3)26-16(23)20-9-7-11(8-10-20)19-15(22)12-5-4-6-13(14(12)18)21(24)25/h4-6,11H,7-10H2,1-3H3,(H,19,22). The summed E-state index contributed by atoms with van der Waals surface area (Å²) < 4.78 is 5.50. The Morgan fingerprint density at radius 3 is 2.46 bits per heavy atom. The number of carbonyl (C=O) groups excluding carboxylic acids is 2. The molecular formula is C17H22BrN3O5. The van der Waals surface area contributed by atoms with Gasteiger partial charge < -0.3 is 15.0 Å². The Balaban J connectivity index is 1.94. The summed E-state index contributed by atoms with van der Waals surface area (Å²) in [5, 5.41) is 13.9. The molecule has 2 rings (SSSR count). The van der Waals surface area contributed by atoms with Crippen LogP contribution in [0.1, 0.15) is 44.0 Å². The number of piperidine rings is 1. The molecular weight excluding hydrogens is 406 g/mol. The molecule has 1 heterocycles. The van der Waals surface area contributed by atoms with E-state index in [0.29, 0.717) is 25.9 Å². The molecule has 1 aliphatic heterocycles. The molecule has 2 amide bonds. The van der Waals surface area contributed by atoms with Gasteiger partial charge in [0.15, 0.2) is 0 Å². The van der Waals surface area contributed by atoms with E-state index in [4.69, 9.17) is 4.74 Å². The normalized spacial score (nSPS) is 15.5. The molecule has 1 fully saturated rings. The summed E-state index contributed by atoms with van der Waals surface area (Å²) >= 11 is 3.13. The summed E-state index contributed by atoms with van der Waals surface area (Å²) in [6.07, 6.45) is 0.832. The number of carbonyl (C=O) groups is 2. The van der Waals surface area contributed by atoms with Gasteiger partial charge in [0.2, 0.25) is 0 Å². The Kier molecular flexibility index (Phi) is 6.22. The summed E-state index contributed by atoms with van der Waals surface area (Å²) in [4.78, 5) is 36.6. The van der Waals surface area contributed by atoms with Crippen molar-refractivity contribution >= 4 is 33.6 Å². The number of likely N-dealkylation sites (tertiary alicyclic amines) is 1. The fraction of sp³-hybridized carbons (Fsp3) is 0.529. The van der Waals surface area contributed by atoms with Gasteiger partial charge in [-0.05, 0) is 55.6 Å². The number of hydrogen-bond acceptors (Lipinski definition) is 5. The first kappa shape index (κ1) is 20.2. The van der Waals surface area contributed by atoms with E-state index >= 15 is 0 Å². The maximum atomic E-state index is 12.4. The maximum Gasteiger partial charge on any atom is 0.410 e. The van der Waals surface area contributed by atoms with Crippen LogP contribution in [-0.2, 0) is 4.74 Å². The average Bonchev–Trinajstić information content (AvgIpc) is 2.53. The van der Waals surface area contributed by atoms with Crippen molar-refractivity contribution in [2.75, 3.05) is 13.1 Å². The molecule has 0 unspecified atom stereocenters. The minimum atomic E-state index is -0.545. The summed E-state index contributed by atoms with van der Waals surface area (Å²) in [6.45, 7) is 6.41. The lowest BCUT2D eigenvalue weighted by Gasteiger charge is -2.33. The predicted octanol–water partition coefficient (Wildman–Crippen LogP) is 3.49. The van der Waals surface area contributed by atoms with E-state index in [2.05, 4.69) is 21.2 Å². The minimum absolute atomic E-state index is 0.104. The first-order valence-electron chi connectivity index (χ1n) is 8.30. The number of ether oxygens (including phenoxy) is 1. The van der Waals surface area contributed by atoms with Crippen LogP contribution < -0.4 is 5.32 Å². The second-order valence-corrected chi connectivity index (χ2v) is 7.90. The molecule has 1 aliphatic rings. The van der Waals surface area contributed by atoms with Crippen LogP contribution in [0, 0.1) is 10.1 Å². The van der Waals surface area contributed by atoms with E-state index in [1.165, 1.54) is 18.2 Å². The van der Waals surface area contributed by atoms with Crippen molar-refractivity contribution < 1.29 is 19.2 Å². The number of halogens is 1. The van der Waals surface area contributed by atoms with Crippen molar-refractivity contribution in [3.05, 3.63) is 38.3 Å². The van der Waals surface area contributed by atoms with Gasteiger partial charge in [0.25, 0.3) is 11.6 Å². The SMILES string of the molecule is CC(C)(C)OC(=O)N1CCC(NC(=O)c2cccc([N+](=O)[O-])c2Br)CC1. The quantitative estimate of drug-likeness (QED) is 0.587. The Hall–Kier alpha value is -2.16. The zero-order valence-corrected chi connectivity index (χ0v) is 16.5. The van der Waals surface area contributed by atoms with Gasteiger partial charge in [-0.3, -0.25) is 14.9 Å². The van der Waals surface area contributed by atoms with E-state index < -0.39 is 10.5 Å². The summed E-state index contributed by atoms with van der Waals surface area (Å²) in [7, 11) is 0. The molecule has 1 saturated heterocycles. The lowest BCUT2D eigenvalue weighted by Crippen LogP contribution is -2.47. The summed E-state index contributed by atoms with van der Waals surface area (Å²) in [5.74, 6) is -0.378. The minimum Gasteiger partial charge on any atom is -0.444 e. The van der Waals surface area contributed by atoms with Crippen LogP contribution in [-0.4, -0.2) is 46.6 Å². The average molecular weight is 428 g/mol. The molecule has 1 aromatic rings. The molecule has 8 nitrogen and oxygen atoms in total. The molecule has 1 N–H and O–H groups in total. The Labute approximate surface area is 160 Å². The first-order chi connectivity index (χ1) is 12.1. The molecule has 1 aromatic carbocycles. The second-order valence-electron chi connectivity index (χ2n) is 7.11. The smallest absolute Gasteiger partial charge is 0.410 e. The number of nitro benzene ring substituents is 1. The lowest BCUT2D eigenvalue weighted by molar-refractivity contribution is -0.385. The number of nitro groups is 1.